The number of benzene rings is 1. The Morgan fingerprint density at radius 1 is 1.33 bits per heavy atom. The van der Waals surface area contributed by atoms with Crippen molar-refractivity contribution in [1.82, 2.24) is 5.32 Å². The lowest BCUT2D eigenvalue weighted by Gasteiger charge is -2.29. The van der Waals surface area contributed by atoms with Crippen molar-refractivity contribution in [2.75, 3.05) is 7.05 Å². The summed E-state index contributed by atoms with van der Waals surface area (Å²) < 4.78 is 0. The minimum absolute atomic E-state index is 0.493. The fourth-order valence-electron chi connectivity index (χ4n) is 2.18. The summed E-state index contributed by atoms with van der Waals surface area (Å²) in [6.07, 6.45) is 5.50. The highest BCUT2D eigenvalue weighted by atomic mass is 35.5. The molecule has 1 atom stereocenters. The normalized spacial score (nSPS) is 18.5. The topological polar surface area (TPSA) is 12.0 Å². The third kappa shape index (κ3) is 2.73. The van der Waals surface area contributed by atoms with Crippen molar-refractivity contribution in [2.45, 2.75) is 31.7 Å². The number of hydrogen-bond donors (Lipinski definition) is 1. The summed E-state index contributed by atoms with van der Waals surface area (Å²) in [4.78, 5) is 0. The molecule has 1 nitrogen and oxygen atoms in total. The number of halogens is 1. The number of nitrogens with one attached hydrogen (secondary N) is 1. The van der Waals surface area contributed by atoms with E-state index in [1.165, 1.54) is 31.2 Å². The summed E-state index contributed by atoms with van der Waals surface area (Å²) in [6, 6.07) is 8.70. The summed E-state index contributed by atoms with van der Waals surface area (Å²) >= 11 is 5.88. The van der Waals surface area contributed by atoms with Gasteiger partial charge in [-0.3, -0.25) is 0 Å². The van der Waals surface area contributed by atoms with Crippen LogP contribution in [0.3, 0.4) is 0 Å². The van der Waals surface area contributed by atoms with Gasteiger partial charge in [0.15, 0.2) is 0 Å². The molecule has 1 aliphatic carbocycles. The van der Waals surface area contributed by atoms with Crippen LogP contribution in [0.2, 0.25) is 5.02 Å². The third-order valence-corrected chi connectivity index (χ3v) is 3.67. The zero-order chi connectivity index (χ0) is 10.7. The van der Waals surface area contributed by atoms with Crippen molar-refractivity contribution in [2.24, 2.45) is 5.92 Å². The van der Waals surface area contributed by atoms with Gasteiger partial charge in [0.1, 0.15) is 0 Å². The zero-order valence-corrected chi connectivity index (χ0v) is 9.93. The highest BCUT2D eigenvalue weighted by Gasteiger charge is 2.21. The van der Waals surface area contributed by atoms with E-state index in [2.05, 4.69) is 17.4 Å². The van der Waals surface area contributed by atoms with E-state index in [4.69, 9.17) is 11.6 Å². The van der Waals surface area contributed by atoms with Gasteiger partial charge in [0.05, 0.1) is 0 Å². The van der Waals surface area contributed by atoms with Crippen LogP contribution in [0.5, 0.6) is 0 Å². The largest absolute Gasteiger partial charge is 0.313 e. The Labute approximate surface area is 96.8 Å². The van der Waals surface area contributed by atoms with Crippen molar-refractivity contribution in [3.8, 4) is 0 Å². The molecule has 2 heteroatoms. The second-order valence-electron chi connectivity index (χ2n) is 4.43. The average Bonchev–Trinajstić information content (AvgIpc) is 2.19. The van der Waals surface area contributed by atoms with Gasteiger partial charge in [-0.05, 0) is 37.1 Å². The molecule has 0 amide bonds. The SMILES string of the molecule is CNC(CC1CCC1)c1ccc(Cl)cc1. The summed E-state index contributed by atoms with van der Waals surface area (Å²) in [6.45, 7) is 0. The van der Waals surface area contributed by atoms with Gasteiger partial charge in [0, 0.05) is 11.1 Å². The Hall–Kier alpha value is -0.530. The molecule has 1 unspecified atom stereocenters. The molecule has 0 saturated heterocycles. The van der Waals surface area contributed by atoms with Gasteiger partial charge in [-0.25, -0.2) is 0 Å². The van der Waals surface area contributed by atoms with Gasteiger partial charge < -0.3 is 5.32 Å². The monoisotopic (exact) mass is 223 g/mol. The highest BCUT2D eigenvalue weighted by Crippen LogP contribution is 2.34. The van der Waals surface area contributed by atoms with Crippen LogP contribution in [0.25, 0.3) is 0 Å². The summed E-state index contributed by atoms with van der Waals surface area (Å²) in [5.41, 5.74) is 1.36. The van der Waals surface area contributed by atoms with Gasteiger partial charge in [-0.2, -0.15) is 0 Å². The number of rotatable bonds is 4. The first-order valence-corrected chi connectivity index (χ1v) is 6.10. The molecule has 1 aliphatic rings. The van der Waals surface area contributed by atoms with E-state index in [0.29, 0.717) is 6.04 Å². The van der Waals surface area contributed by atoms with E-state index < -0.39 is 0 Å². The van der Waals surface area contributed by atoms with E-state index in [-0.39, 0.29) is 0 Å². The van der Waals surface area contributed by atoms with Gasteiger partial charge >= 0.3 is 0 Å². The molecule has 0 spiro atoms. The van der Waals surface area contributed by atoms with Crippen molar-refractivity contribution < 1.29 is 0 Å². The molecule has 1 aromatic rings. The van der Waals surface area contributed by atoms with Crippen LogP contribution in [0.1, 0.15) is 37.3 Å². The van der Waals surface area contributed by atoms with Crippen LogP contribution < -0.4 is 5.32 Å². The molecule has 0 bridgehead atoms. The maximum Gasteiger partial charge on any atom is 0.0406 e. The zero-order valence-electron chi connectivity index (χ0n) is 9.17. The minimum atomic E-state index is 0.493. The molecule has 82 valence electrons. The third-order valence-electron chi connectivity index (χ3n) is 3.41. The maximum absolute atomic E-state index is 5.88. The second kappa shape index (κ2) is 5.00. The van der Waals surface area contributed by atoms with Crippen LogP contribution in [0, 0.1) is 5.92 Å². The van der Waals surface area contributed by atoms with E-state index in [1.807, 2.05) is 19.2 Å². The molecule has 0 radical (unpaired) electrons. The molecule has 1 saturated carbocycles. The summed E-state index contributed by atoms with van der Waals surface area (Å²) in [5, 5.41) is 4.21. The molecular formula is C13H18ClN. The first-order valence-electron chi connectivity index (χ1n) is 5.72. The van der Waals surface area contributed by atoms with Gasteiger partial charge in [-0.1, -0.05) is 43.0 Å². The Kier molecular flexibility index (Phi) is 3.66. The van der Waals surface area contributed by atoms with Gasteiger partial charge in [0.2, 0.25) is 0 Å². The number of hydrogen-bond acceptors (Lipinski definition) is 1. The maximum atomic E-state index is 5.88. The Morgan fingerprint density at radius 3 is 2.47 bits per heavy atom. The molecule has 1 N–H and O–H groups in total. The molecule has 0 aromatic heterocycles. The molecule has 0 aliphatic heterocycles. The fraction of sp³-hybridized carbons (Fsp3) is 0.538. The first kappa shape index (κ1) is 11.0. The van der Waals surface area contributed by atoms with E-state index in [1.54, 1.807) is 0 Å². The predicted molar refractivity (Wildman–Crippen MR) is 65.2 cm³/mol. The van der Waals surface area contributed by atoms with E-state index in [9.17, 15) is 0 Å². The Morgan fingerprint density at radius 2 is 2.00 bits per heavy atom. The average molecular weight is 224 g/mol. The lowest BCUT2D eigenvalue weighted by molar-refractivity contribution is 0.265. The minimum Gasteiger partial charge on any atom is -0.313 e. The van der Waals surface area contributed by atoms with Gasteiger partial charge in [0.25, 0.3) is 0 Å². The molecule has 15 heavy (non-hydrogen) atoms. The van der Waals surface area contributed by atoms with E-state index >= 15 is 0 Å². The highest BCUT2D eigenvalue weighted by molar-refractivity contribution is 6.30. The predicted octanol–water partition coefficient (Wildman–Crippen LogP) is 3.79. The standard InChI is InChI=1S/C13H18ClN/c1-15-13(9-10-3-2-4-10)11-5-7-12(14)8-6-11/h5-8,10,13,15H,2-4,9H2,1H3. The molecule has 1 aromatic carbocycles. The van der Waals surface area contributed by atoms with Crippen LogP contribution >= 0.6 is 11.6 Å². The Bertz CT molecular complexity index is 303. The molecule has 2 rings (SSSR count). The quantitative estimate of drug-likeness (QED) is 0.819. The van der Waals surface area contributed by atoms with E-state index in [0.717, 1.165) is 10.9 Å². The molecule has 1 fully saturated rings. The lowest BCUT2D eigenvalue weighted by Crippen LogP contribution is -2.23. The smallest absolute Gasteiger partial charge is 0.0406 e. The first-order chi connectivity index (χ1) is 7.29. The van der Waals surface area contributed by atoms with Crippen LogP contribution in [0.15, 0.2) is 24.3 Å². The van der Waals surface area contributed by atoms with Crippen molar-refractivity contribution in [3.05, 3.63) is 34.9 Å². The van der Waals surface area contributed by atoms with Crippen LogP contribution in [-0.4, -0.2) is 7.05 Å². The Balaban J connectivity index is 2.01. The van der Waals surface area contributed by atoms with Crippen molar-refractivity contribution in [3.63, 3.8) is 0 Å². The summed E-state index contributed by atoms with van der Waals surface area (Å²) in [5.74, 6) is 0.929. The summed E-state index contributed by atoms with van der Waals surface area (Å²) in [7, 11) is 2.04. The van der Waals surface area contributed by atoms with Gasteiger partial charge in [-0.15, -0.1) is 0 Å². The van der Waals surface area contributed by atoms with Crippen molar-refractivity contribution >= 4 is 11.6 Å². The fourth-order valence-corrected chi connectivity index (χ4v) is 2.30. The molecular weight excluding hydrogens is 206 g/mol. The van der Waals surface area contributed by atoms with Crippen LogP contribution in [0.4, 0.5) is 0 Å². The second-order valence-corrected chi connectivity index (χ2v) is 4.86. The van der Waals surface area contributed by atoms with Crippen LogP contribution in [-0.2, 0) is 0 Å². The molecule has 0 heterocycles. The lowest BCUT2D eigenvalue weighted by atomic mass is 9.79. The van der Waals surface area contributed by atoms with Crippen molar-refractivity contribution in [1.29, 1.82) is 0 Å².